The minimum absolute atomic E-state index is 0.269. The zero-order valence-electron chi connectivity index (χ0n) is 17.5. The smallest absolute Gasteiger partial charge is 0.264 e. The predicted octanol–water partition coefficient (Wildman–Crippen LogP) is 5.57. The van der Waals surface area contributed by atoms with Crippen molar-refractivity contribution in [3.05, 3.63) is 84.7 Å². The van der Waals surface area contributed by atoms with Crippen molar-refractivity contribution >= 4 is 17.2 Å². The van der Waals surface area contributed by atoms with Gasteiger partial charge in [-0.3, -0.25) is 4.79 Å². The molecular weight excluding hydrogens is 376 g/mol. The first-order valence-corrected chi connectivity index (χ1v) is 9.71. The van der Waals surface area contributed by atoms with Gasteiger partial charge in [0.15, 0.2) is 11.5 Å². The standard InChI is InChI=1S/C25H24N2O3/c1-26(2)19-9-5-7-17(15-19)21-11-13-29-24(21)23(28)25-22(12-14-30-25)18-8-6-10-20(16-18)27(3)4/h5-16H,1-4H3. The van der Waals surface area contributed by atoms with E-state index in [0.29, 0.717) is 0 Å². The van der Waals surface area contributed by atoms with Gasteiger partial charge in [0.05, 0.1) is 12.5 Å². The molecule has 0 aliphatic carbocycles. The molecule has 2 aromatic carbocycles. The molecule has 0 fully saturated rings. The molecule has 5 nitrogen and oxygen atoms in total. The minimum Gasteiger partial charge on any atom is -0.460 e. The summed E-state index contributed by atoms with van der Waals surface area (Å²) in [6, 6.07) is 19.6. The van der Waals surface area contributed by atoms with E-state index in [9.17, 15) is 4.79 Å². The fraction of sp³-hybridized carbons (Fsp3) is 0.160. The van der Waals surface area contributed by atoms with Gasteiger partial charge in [0.25, 0.3) is 5.78 Å². The van der Waals surface area contributed by atoms with Crippen LogP contribution in [0.4, 0.5) is 11.4 Å². The van der Waals surface area contributed by atoms with Crippen molar-refractivity contribution in [2.24, 2.45) is 0 Å². The van der Waals surface area contributed by atoms with Crippen LogP contribution in [-0.2, 0) is 0 Å². The van der Waals surface area contributed by atoms with E-state index in [1.165, 1.54) is 0 Å². The van der Waals surface area contributed by atoms with Crippen LogP contribution in [0.2, 0.25) is 0 Å². The number of rotatable bonds is 6. The number of anilines is 2. The van der Waals surface area contributed by atoms with Crippen molar-refractivity contribution in [1.82, 2.24) is 0 Å². The van der Waals surface area contributed by atoms with Gasteiger partial charge in [-0.1, -0.05) is 24.3 Å². The Morgan fingerprint density at radius 1 is 0.667 bits per heavy atom. The number of benzene rings is 2. The largest absolute Gasteiger partial charge is 0.460 e. The molecule has 0 bridgehead atoms. The van der Waals surface area contributed by atoms with Gasteiger partial charge < -0.3 is 18.6 Å². The number of nitrogens with zero attached hydrogens (tertiary/aromatic N) is 2. The summed E-state index contributed by atoms with van der Waals surface area (Å²) in [5, 5.41) is 0. The van der Waals surface area contributed by atoms with Gasteiger partial charge in [-0.15, -0.1) is 0 Å². The fourth-order valence-corrected chi connectivity index (χ4v) is 3.43. The summed E-state index contributed by atoms with van der Waals surface area (Å²) in [4.78, 5) is 17.4. The molecule has 0 aliphatic rings. The van der Waals surface area contributed by atoms with Crippen molar-refractivity contribution in [3.63, 3.8) is 0 Å². The first-order valence-electron chi connectivity index (χ1n) is 9.71. The van der Waals surface area contributed by atoms with Gasteiger partial charge in [0, 0.05) is 50.7 Å². The Hall–Kier alpha value is -3.73. The van der Waals surface area contributed by atoms with Crippen LogP contribution in [-0.4, -0.2) is 34.0 Å². The molecule has 0 N–H and O–H groups in total. The fourth-order valence-electron chi connectivity index (χ4n) is 3.43. The monoisotopic (exact) mass is 400 g/mol. The summed E-state index contributed by atoms with van der Waals surface area (Å²) >= 11 is 0. The highest BCUT2D eigenvalue weighted by Crippen LogP contribution is 2.33. The molecule has 4 rings (SSSR count). The van der Waals surface area contributed by atoms with E-state index < -0.39 is 0 Å². The highest BCUT2D eigenvalue weighted by atomic mass is 16.4. The van der Waals surface area contributed by atoms with Crippen molar-refractivity contribution in [2.75, 3.05) is 38.0 Å². The van der Waals surface area contributed by atoms with Crippen LogP contribution < -0.4 is 9.80 Å². The van der Waals surface area contributed by atoms with Crippen molar-refractivity contribution in [3.8, 4) is 22.3 Å². The minimum atomic E-state index is -0.277. The molecular formula is C25H24N2O3. The summed E-state index contributed by atoms with van der Waals surface area (Å²) in [5.41, 5.74) is 5.42. The second-order valence-corrected chi connectivity index (χ2v) is 7.55. The predicted molar refractivity (Wildman–Crippen MR) is 120 cm³/mol. The lowest BCUT2D eigenvalue weighted by molar-refractivity contribution is 0.0985. The van der Waals surface area contributed by atoms with Gasteiger partial charge in [-0.05, 0) is 47.5 Å². The van der Waals surface area contributed by atoms with Crippen molar-refractivity contribution < 1.29 is 13.6 Å². The topological polar surface area (TPSA) is 49.8 Å². The highest BCUT2D eigenvalue weighted by Gasteiger charge is 2.25. The van der Waals surface area contributed by atoms with E-state index in [1.54, 1.807) is 12.5 Å². The lowest BCUT2D eigenvalue weighted by Gasteiger charge is -2.14. The summed E-state index contributed by atoms with van der Waals surface area (Å²) in [5.74, 6) is 0.261. The maximum absolute atomic E-state index is 13.4. The normalized spacial score (nSPS) is 10.8. The van der Waals surface area contributed by atoms with Gasteiger partial charge in [0.2, 0.25) is 0 Å². The van der Waals surface area contributed by atoms with Crippen LogP contribution in [0.5, 0.6) is 0 Å². The van der Waals surface area contributed by atoms with E-state index in [-0.39, 0.29) is 17.3 Å². The Morgan fingerprint density at radius 2 is 1.10 bits per heavy atom. The van der Waals surface area contributed by atoms with E-state index in [1.807, 2.05) is 98.7 Å². The molecule has 152 valence electrons. The molecule has 30 heavy (non-hydrogen) atoms. The lowest BCUT2D eigenvalue weighted by atomic mass is 9.99. The van der Waals surface area contributed by atoms with Gasteiger partial charge in [-0.2, -0.15) is 0 Å². The van der Waals surface area contributed by atoms with E-state index in [0.717, 1.165) is 33.6 Å². The van der Waals surface area contributed by atoms with Gasteiger partial charge in [-0.25, -0.2) is 0 Å². The lowest BCUT2D eigenvalue weighted by Crippen LogP contribution is -2.08. The molecule has 2 heterocycles. The van der Waals surface area contributed by atoms with E-state index in [2.05, 4.69) is 0 Å². The molecule has 0 saturated heterocycles. The van der Waals surface area contributed by atoms with Gasteiger partial charge in [0.1, 0.15) is 0 Å². The molecule has 0 saturated carbocycles. The average molecular weight is 400 g/mol. The Bertz CT molecular complexity index is 1090. The molecule has 0 aliphatic heterocycles. The van der Waals surface area contributed by atoms with Crippen LogP contribution in [0.3, 0.4) is 0 Å². The van der Waals surface area contributed by atoms with Crippen LogP contribution in [0.25, 0.3) is 22.3 Å². The Morgan fingerprint density at radius 3 is 1.50 bits per heavy atom. The number of furan rings is 2. The first-order chi connectivity index (χ1) is 14.5. The second-order valence-electron chi connectivity index (χ2n) is 7.55. The number of hydrogen-bond acceptors (Lipinski definition) is 5. The second kappa shape index (κ2) is 7.95. The number of carbonyl (C=O) groups excluding carboxylic acids is 1. The Labute approximate surface area is 176 Å². The Balaban J connectivity index is 1.74. The van der Waals surface area contributed by atoms with E-state index in [4.69, 9.17) is 8.83 Å². The third-order valence-corrected chi connectivity index (χ3v) is 5.09. The number of carbonyl (C=O) groups is 1. The molecule has 5 heteroatoms. The summed E-state index contributed by atoms with van der Waals surface area (Å²) < 4.78 is 11.3. The molecule has 0 spiro atoms. The Kier molecular flexibility index (Phi) is 5.19. The maximum atomic E-state index is 13.4. The zero-order chi connectivity index (χ0) is 21.3. The molecule has 4 aromatic rings. The van der Waals surface area contributed by atoms with Crippen LogP contribution in [0, 0.1) is 0 Å². The highest BCUT2D eigenvalue weighted by molar-refractivity contribution is 6.12. The zero-order valence-corrected chi connectivity index (χ0v) is 17.5. The molecule has 0 unspecified atom stereocenters. The summed E-state index contributed by atoms with van der Waals surface area (Å²) in [6.07, 6.45) is 3.08. The molecule has 2 aromatic heterocycles. The molecule has 0 radical (unpaired) electrons. The first kappa shape index (κ1) is 19.6. The van der Waals surface area contributed by atoms with Gasteiger partial charge >= 0.3 is 0 Å². The molecule has 0 atom stereocenters. The van der Waals surface area contributed by atoms with E-state index >= 15 is 0 Å². The third kappa shape index (κ3) is 3.62. The summed E-state index contributed by atoms with van der Waals surface area (Å²) in [6.45, 7) is 0. The maximum Gasteiger partial charge on any atom is 0.264 e. The van der Waals surface area contributed by atoms with Crippen molar-refractivity contribution in [1.29, 1.82) is 0 Å². The number of hydrogen-bond donors (Lipinski definition) is 0. The third-order valence-electron chi connectivity index (χ3n) is 5.09. The van der Waals surface area contributed by atoms with Crippen LogP contribution >= 0.6 is 0 Å². The average Bonchev–Trinajstić information content (AvgIpc) is 3.43. The molecule has 0 amide bonds. The van der Waals surface area contributed by atoms with Crippen LogP contribution in [0.15, 0.2) is 82.0 Å². The SMILES string of the molecule is CN(C)c1cccc(-c2ccoc2C(=O)c2occc2-c2cccc(N(C)C)c2)c1. The number of ketones is 1. The van der Waals surface area contributed by atoms with Crippen molar-refractivity contribution in [2.45, 2.75) is 0 Å². The summed E-state index contributed by atoms with van der Waals surface area (Å²) in [7, 11) is 7.93. The quantitative estimate of drug-likeness (QED) is 0.396. The van der Waals surface area contributed by atoms with Crippen LogP contribution in [0.1, 0.15) is 16.3 Å².